The summed E-state index contributed by atoms with van der Waals surface area (Å²) in [5.74, 6) is 0. The van der Waals surface area contributed by atoms with Crippen LogP contribution in [-0.2, 0) is 10.0 Å². The van der Waals surface area contributed by atoms with E-state index in [1.165, 1.54) is 42.6 Å². The second-order valence-corrected chi connectivity index (χ2v) is 8.42. The number of nitrogens with one attached hydrogen (secondary N) is 1. The van der Waals surface area contributed by atoms with E-state index in [1.54, 1.807) is 0 Å². The fourth-order valence-corrected chi connectivity index (χ4v) is 3.78. The summed E-state index contributed by atoms with van der Waals surface area (Å²) < 4.78 is 28.3. The Bertz CT molecular complexity index is 1280. The number of anilines is 1. The van der Waals surface area contributed by atoms with Crippen molar-refractivity contribution in [1.82, 2.24) is 9.78 Å². The molecule has 0 bridgehead atoms. The predicted octanol–water partition coefficient (Wildman–Crippen LogP) is 3.90. The molecule has 0 fully saturated rings. The number of halogens is 3. The smallest absolute Gasteiger partial charge is 0.279 e. The van der Waals surface area contributed by atoms with Crippen molar-refractivity contribution in [3.8, 4) is 5.69 Å². The molecule has 13 heteroatoms. The zero-order valence-corrected chi connectivity index (χ0v) is 17.1. The lowest BCUT2D eigenvalue weighted by atomic mass is 10.3. The quantitative estimate of drug-likeness (QED) is 0.441. The highest BCUT2D eigenvalue weighted by atomic mass is 35.5. The van der Waals surface area contributed by atoms with Gasteiger partial charge in [-0.05, 0) is 36.4 Å². The molecule has 1 aromatic heterocycles. The average molecular weight is 476 g/mol. The standard InChI is InChI=1S/C16H9Cl3N4O5S/c17-12-6-1-9(7-14(12)23(25)26)21-29(27,28)11-4-2-10(3-5-11)22-16(24)15(19)13(18)8-20-22/h1-8,21H. The van der Waals surface area contributed by atoms with Gasteiger partial charge in [0.2, 0.25) is 0 Å². The SMILES string of the molecule is O=c1c(Cl)c(Cl)cnn1-c1ccc(S(=O)(=O)Nc2ccc(Cl)c([N+](=O)[O-])c2)cc1. The Labute approximate surface area is 178 Å². The van der Waals surface area contributed by atoms with Crippen LogP contribution in [0.1, 0.15) is 0 Å². The first-order valence-corrected chi connectivity index (χ1v) is 10.2. The molecule has 0 aliphatic rings. The summed E-state index contributed by atoms with van der Waals surface area (Å²) in [5.41, 5.74) is -0.879. The van der Waals surface area contributed by atoms with Gasteiger partial charge in [0.05, 0.1) is 32.4 Å². The minimum absolute atomic E-state index is 0.00614. The van der Waals surface area contributed by atoms with Crippen LogP contribution in [0.25, 0.3) is 5.69 Å². The number of nitrogens with zero attached hydrogens (tertiary/aromatic N) is 3. The first kappa shape index (κ1) is 21.1. The van der Waals surface area contributed by atoms with Crippen LogP contribution in [0.4, 0.5) is 11.4 Å². The van der Waals surface area contributed by atoms with E-state index in [9.17, 15) is 23.3 Å². The van der Waals surface area contributed by atoms with Crippen molar-refractivity contribution in [3.05, 3.63) is 84.2 Å². The van der Waals surface area contributed by atoms with E-state index in [0.29, 0.717) is 0 Å². The normalized spacial score (nSPS) is 11.3. The third-order valence-corrected chi connectivity index (χ3v) is 6.13. The number of hydrogen-bond donors (Lipinski definition) is 1. The number of aromatic nitrogens is 2. The van der Waals surface area contributed by atoms with E-state index in [0.717, 1.165) is 10.7 Å². The number of nitro groups is 1. The molecule has 0 saturated carbocycles. The lowest BCUT2D eigenvalue weighted by Crippen LogP contribution is -2.21. The maximum absolute atomic E-state index is 12.5. The lowest BCUT2D eigenvalue weighted by molar-refractivity contribution is -0.384. The fraction of sp³-hybridized carbons (Fsp3) is 0. The van der Waals surface area contributed by atoms with E-state index in [-0.39, 0.29) is 31.3 Å². The Hall–Kier alpha value is -2.66. The van der Waals surface area contributed by atoms with Crippen LogP contribution in [0.3, 0.4) is 0 Å². The van der Waals surface area contributed by atoms with Crippen molar-refractivity contribution >= 4 is 56.2 Å². The largest absolute Gasteiger partial charge is 0.291 e. The predicted molar refractivity (Wildman–Crippen MR) is 109 cm³/mol. The fourth-order valence-electron chi connectivity index (χ4n) is 2.29. The van der Waals surface area contributed by atoms with Gasteiger partial charge < -0.3 is 0 Å². The van der Waals surface area contributed by atoms with Gasteiger partial charge in [0, 0.05) is 6.07 Å². The topological polar surface area (TPSA) is 124 Å². The average Bonchev–Trinajstić information content (AvgIpc) is 2.67. The molecule has 1 heterocycles. The Morgan fingerprint density at radius 1 is 1.03 bits per heavy atom. The number of hydrogen-bond acceptors (Lipinski definition) is 6. The zero-order chi connectivity index (χ0) is 21.3. The van der Waals surface area contributed by atoms with Gasteiger partial charge in [-0.3, -0.25) is 19.6 Å². The van der Waals surface area contributed by atoms with Crippen molar-refractivity contribution in [2.75, 3.05) is 4.72 Å². The molecule has 9 nitrogen and oxygen atoms in total. The molecule has 3 aromatic rings. The Kier molecular flexibility index (Phi) is 5.80. The molecule has 0 spiro atoms. The molecule has 0 unspecified atom stereocenters. The highest BCUT2D eigenvalue weighted by Gasteiger charge is 2.18. The van der Waals surface area contributed by atoms with Gasteiger partial charge in [0.25, 0.3) is 21.3 Å². The molecule has 150 valence electrons. The van der Waals surface area contributed by atoms with Gasteiger partial charge >= 0.3 is 0 Å². The molecule has 1 N–H and O–H groups in total. The molecule has 0 saturated heterocycles. The lowest BCUT2D eigenvalue weighted by Gasteiger charge is -2.10. The first-order chi connectivity index (χ1) is 13.6. The van der Waals surface area contributed by atoms with E-state index in [4.69, 9.17) is 34.8 Å². The molecule has 0 atom stereocenters. The highest BCUT2D eigenvalue weighted by Crippen LogP contribution is 2.28. The number of benzene rings is 2. The van der Waals surface area contributed by atoms with Crippen LogP contribution < -0.4 is 10.3 Å². The van der Waals surface area contributed by atoms with Gasteiger partial charge in [-0.15, -0.1) is 0 Å². The molecule has 29 heavy (non-hydrogen) atoms. The monoisotopic (exact) mass is 474 g/mol. The van der Waals surface area contributed by atoms with Crippen molar-refractivity contribution in [2.24, 2.45) is 0 Å². The summed E-state index contributed by atoms with van der Waals surface area (Å²) in [6.07, 6.45) is 1.19. The van der Waals surface area contributed by atoms with E-state index >= 15 is 0 Å². The third kappa shape index (κ3) is 4.35. The van der Waals surface area contributed by atoms with Gasteiger partial charge in [0.1, 0.15) is 10.0 Å². The van der Waals surface area contributed by atoms with Gasteiger partial charge in [-0.1, -0.05) is 34.8 Å². The maximum Gasteiger partial charge on any atom is 0.291 e. The molecular weight excluding hydrogens is 467 g/mol. The van der Waals surface area contributed by atoms with Crippen LogP contribution in [0.5, 0.6) is 0 Å². The number of nitro benzene ring substituents is 1. The van der Waals surface area contributed by atoms with Crippen LogP contribution in [0.2, 0.25) is 15.1 Å². The second-order valence-electron chi connectivity index (χ2n) is 5.55. The highest BCUT2D eigenvalue weighted by molar-refractivity contribution is 7.92. The molecule has 0 aliphatic carbocycles. The minimum Gasteiger partial charge on any atom is -0.279 e. The molecule has 0 radical (unpaired) electrons. The molecular formula is C16H9Cl3N4O5S. The first-order valence-electron chi connectivity index (χ1n) is 7.60. The van der Waals surface area contributed by atoms with Gasteiger partial charge in [-0.25, -0.2) is 8.42 Å². The van der Waals surface area contributed by atoms with Crippen LogP contribution in [-0.4, -0.2) is 23.1 Å². The Balaban J connectivity index is 1.91. The maximum atomic E-state index is 12.5. The summed E-state index contributed by atoms with van der Waals surface area (Å²) in [4.78, 5) is 22.2. The number of sulfonamides is 1. The number of rotatable bonds is 5. The van der Waals surface area contributed by atoms with Crippen LogP contribution >= 0.6 is 34.8 Å². The second kappa shape index (κ2) is 7.99. The summed E-state index contributed by atoms with van der Waals surface area (Å²) in [6.45, 7) is 0. The van der Waals surface area contributed by atoms with Crippen molar-refractivity contribution in [3.63, 3.8) is 0 Å². The zero-order valence-electron chi connectivity index (χ0n) is 14.0. The Morgan fingerprint density at radius 2 is 1.69 bits per heavy atom. The van der Waals surface area contributed by atoms with Crippen LogP contribution in [0.15, 0.2) is 58.4 Å². The van der Waals surface area contributed by atoms with Gasteiger partial charge in [0.15, 0.2) is 0 Å². The summed E-state index contributed by atoms with van der Waals surface area (Å²) in [5, 5.41) is 14.4. The Morgan fingerprint density at radius 3 is 2.31 bits per heavy atom. The molecule has 3 rings (SSSR count). The summed E-state index contributed by atoms with van der Waals surface area (Å²) in [7, 11) is -4.06. The van der Waals surface area contributed by atoms with Crippen molar-refractivity contribution in [2.45, 2.75) is 4.90 Å². The van der Waals surface area contributed by atoms with Gasteiger partial charge in [-0.2, -0.15) is 9.78 Å². The van der Waals surface area contributed by atoms with Crippen LogP contribution in [0, 0.1) is 10.1 Å². The summed E-state index contributed by atoms with van der Waals surface area (Å²) >= 11 is 17.3. The summed E-state index contributed by atoms with van der Waals surface area (Å²) in [6, 6.07) is 8.67. The molecule has 0 amide bonds. The van der Waals surface area contributed by atoms with Crippen molar-refractivity contribution in [1.29, 1.82) is 0 Å². The minimum atomic E-state index is -4.06. The van der Waals surface area contributed by atoms with Crippen molar-refractivity contribution < 1.29 is 13.3 Å². The third-order valence-electron chi connectivity index (χ3n) is 3.66. The molecule has 2 aromatic carbocycles. The van der Waals surface area contributed by atoms with E-state index in [1.807, 2.05) is 0 Å². The van der Waals surface area contributed by atoms with E-state index < -0.39 is 26.2 Å². The molecule has 0 aliphatic heterocycles. The van der Waals surface area contributed by atoms with E-state index in [2.05, 4.69) is 9.82 Å².